The first-order chi connectivity index (χ1) is 9.56. The topological polar surface area (TPSA) is 82.2 Å². The molecule has 0 saturated carbocycles. The van der Waals surface area contributed by atoms with Crippen molar-refractivity contribution in [3.8, 4) is 0 Å². The summed E-state index contributed by atoms with van der Waals surface area (Å²) in [6, 6.07) is 6.53. The zero-order chi connectivity index (χ0) is 14.5. The summed E-state index contributed by atoms with van der Waals surface area (Å²) in [5.74, 6) is -0.957. The van der Waals surface area contributed by atoms with E-state index in [1.54, 1.807) is 23.5 Å². The van der Waals surface area contributed by atoms with Crippen LogP contribution in [0.1, 0.15) is 15.3 Å². The fraction of sp³-hybridized carbons (Fsp3) is 0.286. The van der Waals surface area contributed by atoms with Crippen LogP contribution in [0.4, 0.5) is 0 Å². The van der Waals surface area contributed by atoms with Gasteiger partial charge in [0.15, 0.2) is 0 Å². The van der Waals surface area contributed by atoms with Crippen LogP contribution in [0.3, 0.4) is 0 Å². The number of pyridine rings is 1. The molecule has 2 rings (SSSR count). The normalized spacial score (nSPS) is 12.2. The van der Waals surface area contributed by atoms with Crippen LogP contribution in [-0.4, -0.2) is 22.1 Å². The fourth-order valence-corrected chi connectivity index (χ4v) is 2.73. The number of hydrogen-bond acceptors (Lipinski definition) is 4. The van der Waals surface area contributed by atoms with Crippen LogP contribution in [0.25, 0.3) is 0 Å². The van der Waals surface area contributed by atoms with E-state index >= 15 is 0 Å². The van der Waals surface area contributed by atoms with E-state index < -0.39 is 12.0 Å². The molecule has 0 spiro atoms. The molecule has 2 aromatic heterocycles. The number of aromatic amines is 1. The molecule has 0 bridgehead atoms. The van der Waals surface area contributed by atoms with Gasteiger partial charge in [0.05, 0.1) is 0 Å². The number of aliphatic carboxylic acids is 1. The average Bonchev–Trinajstić information content (AvgIpc) is 2.82. The Hall–Kier alpha value is -1.92. The van der Waals surface area contributed by atoms with Gasteiger partial charge in [-0.05, 0) is 25.1 Å². The molecular weight excluding hydrogens is 276 g/mol. The third kappa shape index (κ3) is 3.79. The van der Waals surface area contributed by atoms with Crippen LogP contribution in [-0.2, 0) is 17.8 Å². The Kier molecular flexibility index (Phi) is 4.70. The van der Waals surface area contributed by atoms with Crippen LogP contribution in [0.2, 0.25) is 0 Å². The highest BCUT2D eigenvalue weighted by molar-refractivity contribution is 7.11. The van der Waals surface area contributed by atoms with Gasteiger partial charge in [0, 0.05) is 34.5 Å². The maximum absolute atomic E-state index is 11.6. The Labute approximate surface area is 120 Å². The second-order valence-corrected chi connectivity index (χ2v) is 5.89. The molecule has 0 aliphatic rings. The van der Waals surface area contributed by atoms with Crippen molar-refractivity contribution in [2.45, 2.75) is 25.9 Å². The van der Waals surface area contributed by atoms with Gasteiger partial charge >= 0.3 is 5.97 Å². The first kappa shape index (κ1) is 14.5. The van der Waals surface area contributed by atoms with Crippen molar-refractivity contribution in [1.82, 2.24) is 10.3 Å². The lowest BCUT2D eigenvalue weighted by molar-refractivity contribution is -0.139. The predicted octanol–water partition coefficient (Wildman–Crippen LogP) is 1.53. The number of rotatable bonds is 6. The molecule has 5 nitrogen and oxygen atoms in total. The number of nitrogens with one attached hydrogen (secondary N) is 2. The van der Waals surface area contributed by atoms with Gasteiger partial charge in [0.25, 0.3) is 5.56 Å². The van der Waals surface area contributed by atoms with Crippen LogP contribution in [0.5, 0.6) is 0 Å². The summed E-state index contributed by atoms with van der Waals surface area (Å²) >= 11 is 1.63. The van der Waals surface area contributed by atoms with E-state index in [0.29, 0.717) is 12.1 Å². The predicted molar refractivity (Wildman–Crippen MR) is 78.1 cm³/mol. The number of aromatic nitrogens is 1. The summed E-state index contributed by atoms with van der Waals surface area (Å²) in [6.45, 7) is 2.49. The Morgan fingerprint density at radius 2 is 2.25 bits per heavy atom. The smallest absolute Gasteiger partial charge is 0.321 e. The Bertz CT molecular complexity index is 648. The van der Waals surface area contributed by atoms with Crippen molar-refractivity contribution < 1.29 is 9.90 Å². The molecule has 0 saturated heterocycles. The number of thiophene rings is 1. The van der Waals surface area contributed by atoms with Crippen molar-refractivity contribution in [1.29, 1.82) is 0 Å². The third-order valence-corrected chi connectivity index (χ3v) is 3.94. The van der Waals surface area contributed by atoms with Gasteiger partial charge in [-0.1, -0.05) is 6.07 Å². The second kappa shape index (κ2) is 6.49. The molecule has 0 amide bonds. The maximum atomic E-state index is 11.6. The molecule has 0 fully saturated rings. The largest absolute Gasteiger partial charge is 0.480 e. The summed E-state index contributed by atoms with van der Waals surface area (Å²) in [6.07, 6.45) is 1.69. The molecule has 0 aromatic carbocycles. The van der Waals surface area contributed by atoms with Crippen LogP contribution in [0.15, 0.2) is 35.3 Å². The van der Waals surface area contributed by atoms with Gasteiger partial charge in [-0.15, -0.1) is 11.3 Å². The van der Waals surface area contributed by atoms with E-state index in [1.165, 1.54) is 11.1 Å². The van der Waals surface area contributed by atoms with Crippen molar-refractivity contribution in [2.24, 2.45) is 0 Å². The maximum Gasteiger partial charge on any atom is 0.321 e. The lowest BCUT2D eigenvalue weighted by atomic mass is 10.1. The standard InChI is InChI=1S/C14H16N2O3S/c1-9-4-5-11(20-9)8-16-12(14(18)19)7-10-3-2-6-15-13(10)17/h2-6,12,16H,7-8H2,1H3,(H,15,17)(H,18,19). The Morgan fingerprint density at radius 3 is 2.85 bits per heavy atom. The van der Waals surface area contributed by atoms with Gasteiger partial charge in [-0.3, -0.25) is 14.9 Å². The highest BCUT2D eigenvalue weighted by Crippen LogP contribution is 2.14. The number of carbonyl (C=O) groups is 1. The summed E-state index contributed by atoms with van der Waals surface area (Å²) in [4.78, 5) is 27.7. The minimum atomic E-state index is -0.957. The molecule has 1 atom stereocenters. The zero-order valence-corrected chi connectivity index (χ0v) is 11.9. The van der Waals surface area contributed by atoms with E-state index in [9.17, 15) is 14.7 Å². The number of carboxylic acids is 1. The summed E-state index contributed by atoms with van der Waals surface area (Å²) in [5, 5.41) is 12.2. The molecule has 0 aliphatic carbocycles. The molecule has 2 aromatic rings. The first-order valence-electron chi connectivity index (χ1n) is 6.24. The van der Waals surface area contributed by atoms with Crippen molar-refractivity contribution in [3.63, 3.8) is 0 Å². The minimum absolute atomic E-state index is 0.163. The van der Waals surface area contributed by atoms with Crippen molar-refractivity contribution in [2.75, 3.05) is 0 Å². The number of carboxylic acid groups (broad SMARTS) is 1. The van der Waals surface area contributed by atoms with E-state index in [0.717, 1.165) is 4.88 Å². The number of hydrogen-bond donors (Lipinski definition) is 3. The van der Waals surface area contributed by atoms with Crippen LogP contribution < -0.4 is 10.9 Å². The van der Waals surface area contributed by atoms with E-state index in [2.05, 4.69) is 10.3 Å². The van der Waals surface area contributed by atoms with Gasteiger partial charge in [0.1, 0.15) is 6.04 Å². The summed E-state index contributed by atoms with van der Waals surface area (Å²) in [5.41, 5.74) is 0.224. The molecular formula is C14H16N2O3S. The fourth-order valence-electron chi connectivity index (χ4n) is 1.89. The van der Waals surface area contributed by atoms with Gasteiger partial charge in [-0.2, -0.15) is 0 Å². The molecule has 1 unspecified atom stereocenters. The third-order valence-electron chi connectivity index (χ3n) is 2.94. The molecule has 6 heteroatoms. The lowest BCUT2D eigenvalue weighted by Crippen LogP contribution is -2.39. The van der Waals surface area contributed by atoms with Gasteiger partial charge in [-0.25, -0.2) is 0 Å². The molecule has 106 valence electrons. The van der Waals surface area contributed by atoms with Gasteiger partial charge in [0.2, 0.25) is 0 Å². The average molecular weight is 292 g/mol. The molecule has 2 heterocycles. The zero-order valence-electron chi connectivity index (χ0n) is 11.1. The Balaban J connectivity index is 2.02. The number of H-pyrrole nitrogens is 1. The first-order valence-corrected chi connectivity index (χ1v) is 7.06. The summed E-state index contributed by atoms with van der Waals surface area (Å²) < 4.78 is 0. The van der Waals surface area contributed by atoms with Crippen molar-refractivity contribution in [3.05, 3.63) is 56.1 Å². The van der Waals surface area contributed by atoms with E-state index in [-0.39, 0.29) is 12.0 Å². The Morgan fingerprint density at radius 1 is 1.45 bits per heavy atom. The van der Waals surface area contributed by atoms with E-state index in [4.69, 9.17) is 0 Å². The lowest BCUT2D eigenvalue weighted by Gasteiger charge is -2.13. The molecule has 3 N–H and O–H groups in total. The van der Waals surface area contributed by atoms with E-state index in [1.807, 2.05) is 19.1 Å². The monoisotopic (exact) mass is 292 g/mol. The van der Waals surface area contributed by atoms with Crippen LogP contribution in [0, 0.1) is 6.92 Å². The van der Waals surface area contributed by atoms with Gasteiger partial charge < -0.3 is 10.1 Å². The number of aryl methyl sites for hydroxylation is 1. The highest BCUT2D eigenvalue weighted by atomic mass is 32.1. The molecule has 0 aliphatic heterocycles. The van der Waals surface area contributed by atoms with Crippen LogP contribution >= 0.6 is 11.3 Å². The summed E-state index contributed by atoms with van der Waals surface area (Å²) in [7, 11) is 0. The SMILES string of the molecule is Cc1ccc(CNC(Cc2ccc[nH]c2=O)C(=O)O)s1. The molecule has 20 heavy (non-hydrogen) atoms. The minimum Gasteiger partial charge on any atom is -0.480 e. The molecule has 0 radical (unpaired) electrons. The highest BCUT2D eigenvalue weighted by Gasteiger charge is 2.18. The van der Waals surface area contributed by atoms with Crippen molar-refractivity contribution >= 4 is 17.3 Å². The second-order valence-electron chi connectivity index (χ2n) is 4.51. The quantitative estimate of drug-likeness (QED) is 0.754.